The van der Waals surface area contributed by atoms with Crippen molar-refractivity contribution in [1.29, 1.82) is 0 Å². The van der Waals surface area contributed by atoms with Gasteiger partial charge >= 0.3 is 13.3 Å². The SMILES string of the molecule is CS(=O)(=O)c1cccc(C[C@H](NCc2c(Cl)cc(C#CP(=O)(O)c3ccc4ccoc4c3)cc2Cl)C(=O)O)c1. The lowest BCUT2D eigenvalue weighted by molar-refractivity contribution is -0.139. The molecule has 3 aromatic carbocycles. The van der Waals surface area contributed by atoms with Gasteiger partial charge in [-0.3, -0.25) is 14.7 Å². The van der Waals surface area contributed by atoms with Crippen molar-refractivity contribution in [1.82, 2.24) is 5.32 Å². The lowest BCUT2D eigenvalue weighted by Crippen LogP contribution is -2.38. The summed E-state index contributed by atoms with van der Waals surface area (Å²) in [6.07, 6.45) is 2.58. The van der Waals surface area contributed by atoms with Crippen LogP contribution in [0.3, 0.4) is 0 Å². The normalized spacial score (nSPS) is 13.8. The average Bonchev–Trinajstić information content (AvgIpc) is 3.34. The van der Waals surface area contributed by atoms with Crippen LogP contribution in [0.15, 0.2) is 76.2 Å². The Morgan fingerprint density at radius 3 is 2.49 bits per heavy atom. The van der Waals surface area contributed by atoms with E-state index in [2.05, 4.69) is 16.9 Å². The van der Waals surface area contributed by atoms with Gasteiger partial charge in [0.1, 0.15) is 11.6 Å². The van der Waals surface area contributed by atoms with Gasteiger partial charge in [-0.2, -0.15) is 0 Å². The van der Waals surface area contributed by atoms with Crippen LogP contribution in [0.5, 0.6) is 0 Å². The first-order chi connectivity index (χ1) is 18.3. The summed E-state index contributed by atoms with van der Waals surface area (Å²) in [6.45, 7) is -0.00420. The van der Waals surface area contributed by atoms with Crippen molar-refractivity contribution < 1.29 is 32.2 Å². The minimum atomic E-state index is -4.04. The van der Waals surface area contributed by atoms with Crippen molar-refractivity contribution in [2.75, 3.05) is 6.26 Å². The van der Waals surface area contributed by atoms with Gasteiger partial charge < -0.3 is 14.4 Å². The number of rotatable bonds is 8. The molecule has 39 heavy (non-hydrogen) atoms. The van der Waals surface area contributed by atoms with Gasteiger partial charge in [0.05, 0.1) is 16.5 Å². The first kappa shape index (κ1) is 28.9. The molecule has 0 aliphatic heterocycles. The summed E-state index contributed by atoms with van der Waals surface area (Å²) in [6, 6.07) is 14.4. The van der Waals surface area contributed by atoms with Gasteiger partial charge in [0.25, 0.3) is 0 Å². The number of hydrogen-bond donors (Lipinski definition) is 3. The van der Waals surface area contributed by atoms with Crippen LogP contribution in [-0.2, 0) is 32.2 Å². The molecular weight excluding hydrogens is 584 g/mol. The van der Waals surface area contributed by atoms with Gasteiger partial charge in [-0.15, -0.1) is 0 Å². The van der Waals surface area contributed by atoms with E-state index in [0.717, 1.165) is 11.6 Å². The number of carboxylic acid groups (broad SMARTS) is 1. The standard InChI is InChI=1S/C27H22Cl2NO7PS/c1-39(35,36)21-4-2-3-17(11-21)14-25(27(31)32)30-16-22-23(28)12-18(13-24(22)29)8-10-38(33,34)20-6-5-19-7-9-37-26(19)15-20/h2-7,9,11-13,15,25,30H,14,16H2,1H3,(H,31,32)(H,33,34)/t25-/m0/s1. The van der Waals surface area contributed by atoms with Crippen LogP contribution in [-0.4, -0.2) is 36.7 Å². The second-order valence-corrected chi connectivity index (χ2v) is 13.5. The van der Waals surface area contributed by atoms with Crippen LogP contribution >= 0.6 is 30.6 Å². The van der Waals surface area contributed by atoms with Gasteiger partial charge in [0.2, 0.25) is 0 Å². The molecule has 4 aromatic rings. The Balaban J connectivity index is 1.50. The van der Waals surface area contributed by atoms with Crippen LogP contribution in [0, 0.1) is 11.6 Å². The van der Waals surface area contributed by atoms with Crippen molar-refractivity contribution in [3.05, 3.63) is 93.7 Å². The second-order valence-electron chi connectivity index (χ2n) is 8.77. The highest BCUT2D eigenvalue weighted by molar-refractivity contribution is 7.90. The highest BCUT2D eigenvalue weighted by Gasteiger charge is 2.21. The zero-order valence-electron chi connectivity index (χ0n) is 20.4. The lowest BCUT2D eigenvalue weighted by atomic mass is 10.1. The molecule has 1 unspecified atom stereocenters. The number of carbonyl (C=O) groups is 1. The van der Waals surface area contributed by atoms with E-state index in [0.29, 0.717) is 22.3 Å². The molecule has 0 aliphatic rings. The quantitative estimate of drug-likeness (QED) is 0.192. The predicted octanol–water partition coefficient (Wildman–Crippen LogP) is 4.83. The maximum absolute atomic E-state index is 12.8. The van der Waals surface area contributed by atoms with E-state index in [-0.39, 0.29) is 33.2 Å². The van der Waals surface area contributed by atoms with Crippen molar-refractivity contribution >= 4 is 62.7 Å². The molecule has 0 saturated carbocycles. The maximum Gasteiger partial charge on any atom is 0.321 e. The Kier molecular flexibility index (Phi) is 8.57. The molecule has 0 radical (unpaired) electrons. The topological polar surface area (TPSA) is 134 Å². The molecule has 12 heteroatoms. The Labute approximate surface area is 234 Å². The maximum atomic E-state index is 12.8. The Bertz CT molecular complexity index is 1770. The summed E-state index contributed by atoms with van der Waals surface area (Å²) >= 11 is 12.8. The summed E-state index contributed by atoms with van der Waals surface area (Å²) in [5, 5.41) is 13.9. The van der Waals surface area contributed by atoms with Gasteiger partial charge in [-0.05, 0) is 60.1 Å². The number of furan rings is 1. The van der Waals surface area contributed by atoms with E-state index in [9.17, 15) is 27.8 Å². The molecule has 0 bridgehead atoms. The fourth-order valence-corrected chi connectivity index (χ4v) is 6.08. The van der Waals surface area contributed by atoms with Gasteiger partial charge in [-0.1, -0.05) is 47.3 Å². The van der Waals surface area contributed by atoms with E-state index in [1.165, 1.54) is 42.7 Å². The molecule has 1 aromatic heterocycles. The summed E-state index contributed by atoms with van der Waals surface area (Å²) in [4.78, 5) is 22.5. The number of carboxylic acids is 1. The second kappa shape index (κ2) is 11.6. The summed E-state index contributed by atoms with van der Waals surface area (Å²) in [7, 11) is -7.48. The third kappa shape index (κ3) is 7.11. The highest BCUT2D eigenvalue weighted by atomic mass is 35.5. The van der Waals surface area contributed by atoms with Crippen molar-refractivity contribution in [2.45, 2.75) is 23.9 Å². The number of benzene rings is 3. The van der Waals surface area contributed by atoms with Gasteiger partial charge in [0.15, 0.2) is 9.84 Å². The Morgan fingerprint density at radius 1 is 1.10 bits per heavy atom. The molecule has 1 heterocycles. The summed E-state index contributed by atoms with van der Waals surface area (Å²) < 4.78 is 41.8. The fourth-order valence-electron chi connectivity index (χ4n) is 3.79. The van der Waals surface area contributed by atoms with E-state index >= 15 is 0 Å². The summed E-state index contributed by atoms with van der Waals surface area (Å²) in [5.41, 5.74) is 4.10. The molecule has 3 N–H and O–H groups in total. The van der Waals surface area contributed by atoms with E-state index in [4.69, 9.17) is 27.6 Å². The molecule has 202 valence electrons. The van der Waals surface area contributed by atoms with Crippen molar-refractivity contribution in [3.63, 3.8) is 0 Å². The molecule has 0 aliphatic carbocycles. The monoisotopic (exact) mass is 605 g/mol. The Morgan fingerprint density at radius 2 is 1.82 bits per heavy atom. The van der Waals surface area contributed by atoms with Crippen LogP contribution in [0.2, 0.25) is 10.0 Å². The highest BCUT2D eigenvalue weighted by Crippen LogP contribution is 2.39. The largest absolute Gasteiger partial charge is 0.480 e. The number of aliphatic carboxylic acids is 1. The molecule has 0 amide bonds. The number of hydrogen-bond acceptors (Lipinski definition) is 6. The predicted molar refractivity (Wildman–Crippen MR) is 151 cm³/mol. The molecule has 0 spiro atoms. The third-order valence-electron chi connectivity index (χ3n) is 5.87. The van der Waals surface area contributed by atoms with Crippen LogP contribution in [0.25, 0.3) is 11.0 Å². The molecule has 0 fully saturated rings. The summed E-state index contributed by atoms with van der Waals surface area (Å²) in [5.74, 6) is 1.50. The zero-order valence-corrected chi connectivity index (χ0v) is 23.6. The average molecular weight is 606 g/mol. The first-order valence-corrected chi connectivity index (χ1v) is 15.7. The minimum Gasteiger partial charge on any atom is -0.480 e. The van der Waals surface area contributed by atoms with Gasteiger partial charge in [0, 0.05) is 39.4 Å². The number of sulfone groups is 1. The Hall–Kier alpha value is -3.09. The number of nitrogens with one attached hydrogen (secondary N) is 1. The third-order valence-corrected chi connectivity index (χ3v) is 9.05. The number of fused-ring (bicyclic) bond motifs is 1. The molecule has 0 saturated heterocycles. The van der Waals surface area contributed by atoms with Crippen LogP contribution in [0.1, 0.15) is 16.7 Å². The van der Waals surface area contributed by atoms with Crippen molar-refractivity contribution in [2.24, 2.45) is 0 Å². The minimum absolute atomic E-state index is 0.00420. The van der Waals surface area contributed by atoms with E-state index < -0.39 is 29.2 Å². The fraction of sp³-hybridized carbons (Fsp3) is 0.148. The molecule has 2 atom stereocenters. The van der Waals surface area contributed by atoms with Crippen LogP contribution < -0.4 is 10.6 Å². The van der Waals surface area contributed by atoms with E-state index in [1.807, 2.05) is 0 Å². The van der Waals surface area contributed by atoms with Crippen LogP contribution in [0.4, 0.5) is 0 Å². The molecule has 4 rings (SSSR count). The molecule has 8 nitrogen and oxygen atoms in total. The van der Waals surface area contributed by atoms with E-state index in [1.54, 1.807) is 24.3 Å². The number of halogens is 2. The smallest absolute Gasteiger partial charge is 0.321 e. The zero-order chi connectivity index (χ0) is 28.4. The van der Waals surface area contributed by atoms with Crippen molar-refractivity contribution in [3.8, 4) is 11.6 Å². The first-order valence-electron chi connectivity index (χ1n) is 11.4. The van der Waals surface area contributed by atoms with Gasteiger partial charge in [-0.25, -0.2) is 8.42 Å². The lowest BCUT2D eigenvalue weighted by Gasteiger charge is -2.16. The molecular formula is C27H22Cl2NO7PS.